The molecule has 4 nitrogen and oxygen atoms in total. The van der Waals surface area contributed by atoms with Crippen LogP contribution in [0.25, 0.3) is 0 Å². The first-order valence-corrected chi connectivity index (χ1v) is 9.78. The van der Waals surface area contributed by atoms with E-state index in [0.29, 0.717) is 11.5 Å². The maximum Gasteiger partial charge on any atom is 0.335 e. The first kappa shape index (κ1) is 20.9. The summed E-state index contributed by atoms with van der Waals surface area (Å²) in [7, 11) is 0. The molecule has 0 aliphatic rings. The Labute approximate surface area is 162 Å². The van der Waals surface area contributed by atoms with Gasteiger partial charge in [-0.05, 0) is 75.6 Å². The van der Waals surface area contributed by atoms with Crippen molar-refractivity contribution in [2.24, 2.45) is 5.92 Å². The first-order chi connectivity index (χ1) is 12.8. The molecule has 1 aromatic heterocycles. The second-order valence-corrected chi connectivity index (χ2v) is 7.64. The van der Waals surface area contributed by atoms with Gasteiger partial charge in [-0.15, -0.1) is 0 Å². The molecule has 27 heavy (non-hydrogen) atoms. The van der Waals surface area contributed by atoms with Gasteiger partial charge in [0, 0.05) is 11.4 Å². The van der Waals surface area contributed by atoms with Crippen LogP contribution in [0.3, 0.4) is 0 Å². The molecule has 4 heteroatoms. The van der Waals surface area contributed by atoms with Gasteiger partial charge < -0.3 is 9.84 Å². The summed E-state index contributed by atoms with van der Waals surface area (Å²) >= 11 is 0. The van der Waals surface area contributed by atoms with Crippen LogP contribution in [0.1, 0.15) is 66.0 Å². The average Bonchev–Trinajstić information content (AvgIpc) is 2.59. The van der Waals surface area contributed by atoms with Gasteiger partial charge in [-0.1, -0.05) is 31.5 Å². The predicted octanol–water partition coefficient (Wildman–Crippen LogP) is 5.39. The molecular weight excluding hydrogens is 338 g/mol. The van der Waals surface area contributed by atoms with Gasteiger partial charge in [0.2, 0.25) is 0 Å². The molecule has 0 saturated heterocycles. The second-order valence-electron chi connectivity index (χ2n) is 7.64. The van der Waals surface area contributed by atoms with Gasteiger partial charge in [0.25, 0.3) is 0 Å². The van der Waals surface area contributed by atoms with Crippen molar-refractivity contribution >= 4 is 5.97 Å². The highest BCUT2D eigenvalue weighted by atomic mass is 16.5. The number of carboxylic acid groups (broad SMARTS) is 1. The Morgan fingerprint density at radius 3 is 2.56 bits per heavy atom. The Hall–Kier alpha value is -2.36. The van der Waals surface area contributed by atoms with E-state index in [2.05, 4.69) is 44.0 Å². The first-order valence-electron chi connectivity index (χ1n) is 9.78. The number of unbranched alkanes of at least 4 members (excludes halogenated alkanes) is 1. The van der Waals surface area contributed by atoms with Gasteiger partial charge in [-0.3, -0.25) is 4.98 Å². The van der Waals surface area contributed by atoms with Crippen molar-refractivity contribution in [2.45, 2.75) is 59.8 Å². The number of carboxylic acids is 1. The third-order valence-corrected chi connectivity index (χ3v) is 4.55. The number of carbonyl (C=O) groups is 1. The van der Waals surface area contributed by atoms with Gasteiger partial charge in [-0.25, -0.2) is 4.79 Å². The number of aryl methyl sites for hydroxylation is 4. The van der Waals surface area contributed by atoms with Crippen LogP contribution in [-0.4, -0.2) is 22.7 Å². The van der Waals surface area contributed by atoms with Crippen molar-refractivity contribution in [1.82, 2.24) is 4.98 Å². The molecule has 0 unspecified atom stereocenters. The van der Waals surface area contributed by atoms with Crippen molar-refractivity contribution in [3.8, 4) is 5.75 Å². The van der Waals surface area contributed by atoms with E-state index in [9.17, 15) is 9.90 Å². The molecule has 146 valence electrons. The van der Waals surface area contributed by atoms with E-state index in [1.807, 2.05) is 6.92 Å². The molecule has 0 aliphatic heterocycles. The van der Waals surface area contributed by atoms with Crippen LogP contribution in [-0.2, 0) is 12.8 Å². The fraction of sp³-hybridized carbons (Fsp3) is 0.478. The van der Waals surface area contributed by atoms with Crippen LogP contribution in [0.4, 0.5) is 0 Å². The van der Waals surface area contributed by atoms with Crippen LogP contribution < -0.4 is 4.74 Å². The van der Waals surface area contributed by atoms with Crippen molar-refractivity contribution in [1.29, 1.82) is 0 Å². The van der Waals surface area contributed by atoms with E-state index >= 15 is 0 Å². The van der Waals surface area contributed by atoms with Gasteiger partial charge in [-0.2, -0.15) is 0 Å². The van der Waals surface area contributed by atoms with Gasteiger partial charge in [0.05, 0.1) is 12.2 Å². The smallest absolute Gasteiger partial charge is 0.335 e. The summed E-state index contributed by atoms with van der Waals surface area (Å²) in [5, 5.41) is 9.17. The van der Waals surface area contributed by atoms with Crippen molar-refractivity contribution in [3.05, 3.63) is 58.4 Å². The molecule has 0 bridgehead atoms. The van der Waals surface area contributed by atoms with E-state index in [0.717, 1.165) is 55.8 Å². The highest BCUT2D eigenvalue weighted by Gasteiger charge is 2.08. The Balaban J connectivity index is 1.91. The number of pyridine rings is 1. The Morgan fingerprint density at radius 1 is 1.11 bits per heavy atom. The summed E-state index contributed by atoms with van der Waals surface area (Å²) < 4.78 is 6.00. The number of nitrogens with zero attached hydrogens (tertiary/aromatic N) is 1. The number of benzene rings is 1. The zero-order valence-electron chi connectivity index (χ0n) is 16.9. The maximum atomic E-state index is 11.2. The molecule has 1 N–H and O–H groups in total. The average molecular weight is 370 g/mol. The topological polar surface area (TPSA) is 59.4 Å². The van der Waals surface area contributed by atoms with Crippen molar-refractivity contribution < 1.29 is 14.6 Å². The number of hydrogen-bond donors (Lipinski definition) is 1. The molecule has 0 radical (unpaired) electrons. The fourth-order valence-corrected chi connectivity index (χ4v) is 3.06. The van der Waals surface area contributed by atoms with E-state index in [-0.39, 0.29) is 0 Å². The Kier molecular flexibility index (Phi) is 7.83. The highest BCUT2D eigenvalue weighted by molar-refractivity contribution is 5.87. The second kappa shape index (κ2) is 10.1. The minimum atomic E-state index is -0.898. The zero-order valence-corrected chi connectivity index (χ0v) is 16.9. The summed E-state index contributed by atoms with van der Waals surface area (Å²) in [5.41, 5.74) is 4.42. The number of hydrogen-bond acceptors (Lipinski definition) is 3. The largest absolute Gasteiger partial charge is 0.493 e. The lowest BCUT2D eigenvalue weighted by Gasteiger charge is -2.13. The number of rotatable bonds is 10. The van der Waals surface area contributed by atoms with Gasteiger partial charge in [0.15, 0.2) is 0 Å². The van der Waals surface area contributed by atoms with Crippen molar-refractivity contribution in [2.75, 3.05) is 6.61 Å². The third-order valence-electron chi connectivity index (χ3n) is 4.55. The lowest BCUT2D eigenvalue weighted by atomic mass is 10.0. The normalized spacial score (nSPS) is 11.0. The van der Waals surface area contributed by atoms with Crippen molar-refractivity contribution in [3.63, 3.8) is 0 Å². The summed E-state index contributed by atoms with van der Waals surface area (Å²) in [6, 6.07) is 9.67. The third kappa shape index (κ3) is 7.05. The van der Waals surface area contributed by atoms with E-state index in [4.69, 9.17) is 4.74 Å². The Bertz CT molecular complexity index is 768. The molecule has 2 rings (SSSR count). The molecule has 0 atom stereocenters. The standard InChI is InChI=1S/C23H31NO3/c1-16(2)11-12-27-22-10-9-17(3)13-19(22)7-5-6-8-21-15-20(23(25)26)14-18(4)24-21/h9-10,13-16H,5-8,11-12H2,1-4H3,(H,25,26). The summed E-state index contributed by atoms with van der Waals surface area (Å²) in [5.74, 6) is 0.726. The highest BCUT2D eigenvalue weighted by Crippen LogP contribution is 2.23. The molecule has 0 spiro atoms. The van der Waals surface area contributed by atoms with E-state index in [1.165, 1.54) is 11.1 Å². The summed E-state index contributed by atoms with van der Waals surface area (Å²) in [6.07, 6.45) is 4.78. The van der Waals surface area contributed by atoms with Crippen LogP contribution in [0, 0.1) is 19.8 Å². The van der Waals surface area contributed by atoms with E-state index in [1.54, 1.807) is 12.1 Å². The molecule has 0 aliphatic carbocycles. The minimum Gasteiger partial charge on any atom is -0.493 e. The summed E-state index contributed by atoms with van der Waals surface area (Å²) in [4.78, 5) is 15.6. The monoisotopic (exact) mass is 369 g/mol. The number of aromatic carboxylic acids is 1. The zero-order chi connectivity index (χ0) is 19.8. The van der Waals surface area contributed by atoms with Gasteiger partial charge >= 0.3 is 5.97 Å². The number of aromatic nitrogens is 1. The molecule has 1 aromatic carbocycles. The quantitative estimate of drug-likeness (QED) is 0.571. The molecule has 2 aromatic rings. The van der Waals surface area contributed by atoms with Crippen LogP contribution in [0.15, 0.2) is 30.3 Å². The summed E-state index contributed by atoms with van der Waals surface area (Å²) in [6.45, 7) is 9.09. The predicted molar refractivity (Wildman–Crippen MR) is 109 cm³/mol. The molecule has 0 amide bonds. The van der Waals surface area contributed by atoms with E-state index < -0.39 is 5.97 Å². The van der Waals surface area contributed by atoms with Crippen LogP contribution >= 0.6 is 0 Å². The minimum absolute atomic E-state index is 0.317. The van der Waals surface area contributed by atoms with Crippen LogP contribution in [0.2, 0.25) is 0 Å². The Morgan fingerprint density at radius 2 is 1.85 bits per heavy atom. The SMILES string of the molecule is Cc1ccc(OCCC(C)C)c(CCCCc2cc(C(=O)O)cc(C)n2)c1. The molecule has 0 fully saturated rings. The van der Waals surface area contributed by atoms with Crippen LogP contribution in [0.5, 0.6) is 5.75 Å². The lowest BCUT2D eigenvalue weighted by molar-refractivity contribution is 0.0696. The lowest BCUT2D eigenvalue weighted by Crippen LogP contribution is -2.04. The number of ether oxygens (including phenoxy) is 1. The maximum absolute atomic E-state index is 11.2. The van der Waals surface area contributed by atoms with Gasteiger partial charge in [0.1, 0.15) is 5.75 Å². The molecule has 0 saturated carbocycles. The molecule has 1 heterocycles. The fourth-order valence-electron chi connectivity index (χ4n) is 3.06. The molecular formula is C23H31NO3.